The summed E-state index contributed by atoms with van der Waals surface area (Å²) in [5.41, 5.74) is 2.81. The number of rotatable bonds is 9. The number of carbonyl (C=O) groups excluding carboxylic acids is 2. The van der Waals surface area contributed by atoms with Crippen molar-refractivity contribution in [1.82, 2.24) is 10.2 Å². The SMILES string of the molecule is O=C1C(=O)N(c2nnc(SCc3ccc(Cl)cc3Cl)s2)C(c2cccc(OCc3ccccc3)c2)/C1=C(\O)c1ccccc1. The lowest BCUT2D eigenvalue weighted by atomic mass is 9.95. The Morgan fingerprint density at radius 3 is 2.41 bits per heavy atom. The van der Waals surface area contributed by atoms with Gasteiger partial charge in [0.2, 0.25) is 5.13 Å². The number of nitrogens with zero attached hydrogens (tertiary/aromatic N) is 3. The maximum absolute atomic E-state index is 13.6. The van der Waals surface area contributed by atoms with Gasteiger partial charge in [-0.3, -0.25) is 14.5 Å². The van der Waals surface area contributed by atoms with Gasteiger partial charge in [0, 0.05) is 21.4 Å². The first-order valence-electron chi connectivity index (χ1n) is 13.4. The zero-order chi connectivity index (χ0) is 30.6. The van der Waals surface area contributed by atoms with Crippen LogP contribution in [0, 0.1) is 0 Å². The molecule has 1 saturated heterocycles. The van der Waals surface area contributed by atoms with Crippen molar-refractivity contribution in [2.75, 3.05) is 4.90 Å². The molecule has 220 valence electrons. The molecule has 1 fully saturated rings. The highest BCUT2D eigenvalue weighted by atomic mass is 35.5. The van der Waals surface area contributed by atoms with Crippen LogP contribution < -0.4 is 9.64 Å². The second-order valence-corrected chi connectivity index (χ2v) is 12.8. The number of hydrogen-bond donors (Lipinski definition) is 1. The van der Waals surface area contributed by atoms with Gasteiger partial charge in [0.25, 0.3) is 5.78 Å². The summed E-state index contributed by atoms with van der Waals surface area (Å²) in [5, 5.41) is 21.2. The number of Topliss-reactive ketones (excluding diaryl/α,β-unsaturated/α-hetero) is 1. The fourth-order valence-corrected chi connectivity index (χ4v) is 7.17. The molecule has 0 radical (unpaired) electrons. The Balaban J connectivity index is 1.35. The molecule has 11 heteroatoms. The first kappa shape index (κ1) is 29.9. The van der Waals surface area contributed by atoms with Crippen molar-refractivity contribution in [2.45, 2.75) is 22.7 Å². The van der Waals surface area contributed by atoms with E-state index in [-0.39, 0.29) is 16.5 Å². The summed E-state index contributed by atoms with van der Waals surface area (Å²) in [4.78, 5) is 28.4. The van der Waals surface area contributed by atoms with E-state index in [2.05, 4.69) is 10.2 Å². The number of ether oxygens (including phenoxy) is 1. The van der Waals surface area contributed by atoms with Crippen LogP contribution in [-0.4, -0.2) is 27.0 Å². The van der Waals surface area contributed by atoms with Crippen LogP contribution in [0.15, 0.2) is 113 Å². The van der Waals surface area contributed by atoms with Crippen LogP contribution in [0.5, 0.6) is 5.75 Å². The predicted molar refractivity (Wildman–Crippen MR) is 174 cm³/mol. The highest BCUT2D eigenvalue weighted by Crippen LogP contribution is 2.44. The molecule has 1 aromatic heterocycles. The number of hydrogen-bond acceptors (Lipinski definition) is 8. The lowest BCUT2D eigenvalue weighted by molar-refractivity contribution is -0.132. The number of benzene rings is 4. The number of aromatic nitrogens is 2. The van der Waals surface area contributed by atoms with E-state index in [9.17, 15) is 14.7 Å². The van der Waals surface area contributed by atoms with Crippen molar-refractivity contribution < 1.29 is 19.4 Å². The zero-order valence-electron chi connectivity index (χ0n) is 22.9. The Labute approximate surface area is 271 Å². The van der Waals surface area contributed by atoms with E-state index in [0.29, 0.717) is 43.6 Å². The summed E-state index contributed by atoms with van der Waals surface area (Å²) < 4.78 is 6.63. The van der Waals surface area contributed by atoms with Crippen molar-refractivity contribution in [1.29, 1.82) is 0 Å². The Morgan fingerprint density at radius 1 is 0.909 bits per heavy atom. The van der Waals surface area contributed by atoms with Crippen molar-refractivity contribution >= 4 is 68.9 Å². The smallest absolute Gasteiger partial charge is 0.301 e. The quantitative estimate of drug-likeness (QED) is 0.0559. The van der Waals surface area contributed by atoms with E-state index in [1.807, 2.05) is 36.4 Å². The van der Waals surface area contributed by atoms with Gasteiger partial charge in [-0.1, -0.05) is 125 Å². The van der Waals surface area contributed by atoms with Crippen LogP contribution in [0.1, 0.15) is 28.3 Å². The summed E-state index contributed by atoms with van der Waals surface area (Å²) in [6.07, 6.45) is 0. The molecule has 0 saturated carbocycles. The third kappa shape index (κ3) is 6.37. The second-order valence-electron chi connectivity index (χ2n) is 9.76. The molecule has 2 heterocycles. The van der Waals surface area contributed by atoms with E-state index in [0.717, 1.165) is 11.1 Å². The summed E-state index contributed by atoms with van der Waals surface area (Å²) in [7, 11) is 0. The summed E-state index contributed by atoms with van der Waals surface area (Å²) in [5.74, 6) is -0.851. The van der Waals surface area contributed by atoms with E-state index >= 15 is 0 Å². The van der Waals surface area contributed by atoms with E-state index < -0.39 is 17.7 Å². The van der Waals surface area contributed by atoms with Crippen LogP contribution in [0.25, 0.3) is 5.76 Å². The number of amides is 1. The normalized spacial score (nSPS) is 16.0. The molecule has 6 rings (SSSR count). The molecule has 5 aromatic rings. The van der Waals surface area contributed by atoms with Crippen LogP contribution in [-0.2, 0) is 21.9 Å². The third-order valence-electron chi connectivity index (χ3n) is 6.88. The topological polar surface area (TPSA) is 92.6 Å². The Hall–Kier alpha value is -4.15. The average molecular weight is 661 g/mol. The molecule has 1 atom stereocenters. The van der Waals surface area contributed by atoms with Gasteiger partial charge < -0.3 is 9.84 Å². The summed E-state index contributed by atoms with van der Waals surface area (Å²) >= 11 is 14.9. The molecule has 1 aliphatic rings. The molecule has 0 aliphatic carbocycles. The maximum atomic E-state index is 13.6. The molecular weight excluding hydrogens is 637 g/mol. The molecule has 4 aromatic carbocycles. The number of thioether (sulfide) groups is 1. The highest BCUT2D eigenvalue weighted by Gasteiger charge is 2.48. The van der Waals surface area contributed by atoms with Crippen LogP contribution in [0.4, 0.5) is 5.13 Å². The first-order valence-corrected chi connectivity index (χ1v) is 16.0. The van der Waals surface area contributed by atoms with Gasteiger partial charge in [-0.05, 0) is 41.0 Å². The van der Waals surface area contributed by atoms with Crippen molar-refractivity contribution in [3.8, 4) is 5.75 Å². The minimum absolute atomic E-state index is 0.0428. The van der Waals surface area contributed by atoms with Crippen LogP contribution in [0.2, 0.25) is 10.0 Å². The molecule has 7 nitrogen and oxygen atoms in total. The average Bonchev–Trinajstić information content (AvgIpc) is 3.62. The number of ketones is 1. The minimum atomic E-state index is -0.966. The molecule has 1 N–H and O–H groups in total. The fourth-order valence-electron chi connectivity index (χ4n) is 4.75. The molecule has 44 heavy (non-hydrogen) atoms. The van der Waals surface area contributed by atoms with Gasteiger partial charge in [0.1, 0.15) is 18.1 Å². The summed E-state index contributed by atoms with van der Waals surface area (Å²) in [6.45, 7) is 0.336. The highest BCUT2D eigenvalue weighted by molar-refractivity contribution is 8.00. The van der Waals surface area contributed by atoms with E-state index in [1.54, 1.807) is 66.7 Å². The van der Waals surface area contributed by atoms with Gasteiger partial charge in [0.05, 0.1) is 11.6 Å². The predicted octanol–water partition coefficient (Wildman–Crippen LogP) is 8.34. The Bertz CT molecular complexity index is 1870. The first-order chi connectivity index (χ1) is 21.4. The second kappa shape index (κ2) is 13.2. The Morgan fingerprint density at radius 2 is 1.66 bits per heavy atom. The summed E-state index contributed by atoms with van der Waals surface area (Å²) in [6, 6.07) is 29.9. The van der Waals surface area contributed by atoms with Crippen molar-refractivity contribution in [3.05, 3.63) is 141 Å². The van der Waals surface area contributed by atoms with Gasteiger partial charge in [-0.25, -0.2) is 0 Å². The number of halogens is 2. The standard InChI is InChI=1S/C33H23Cl2N3O4S2/c34-24-15-14-23(26(35)17-24)19-43-33-37-36-32(44-33)38-28(27(30(40)31(38)41)29(39)21-10-5-2-6-11-21)22-12-7-13-25(16-22)42-18-20-8-3-1-4-9-20/h1-17,28,39H,18-19H2/b29-27+. The van der Waals surface area contributed by atoms with Crippen molar-refractivity contribution in [2.24, 2.45) is 0 Å². The lowest BCUT2D eigenvalue weighted by Crippen LogP contribution is -2.29. The van der Waals surface area contributed by atoms with E-state index in [4.69, 9.17) is 27.9 Å². The number of aliphatic hydroxyl groups is 1. The molecule has 0 bridgehead atoms. The minimum Gasteiger partial charge on any atom is -0.507 e. The molecule has 0 spiro atoms. The van der Waals surface area contributed by atoms with Gasteiger partial charge >= 0.3 is 5.91 Å². The lowest BCUT2D eigenvalue weighted by Gasteiger charge is -2.23. The van der Waals surface area contributed by atoms with Gasteiger partial charge in [0.15, 0.2) is 4.34 Å². The van der Waals surface area contributed by atoms with Crippen molar-refractivity contribution in [3.63, 3.8) is 0 Å². The largest absolute Gasteiger partial charge is 0.507 e. The van der Waals surface area contributed by atoms with Crippen LogP contribution >= 0.6 is 46.3 Å². The number of anilines is 1. The van der Waals surface area contributed by atoms with Crippen LogP contribution in [0.3, 0.4) is 0 Å². The molecular formula is C33H23Cl2N3O4S2. The third-order valence-corrected chi connectivity index (χ3v) is 9.57. The zero-order valence-corrected chi connectivity index (χ0v) is 26.0. The molecule has 1 amide bonds. The molecule has 1 aliphatic heterocycles. The van der Waals surface area contributed by atoms with E-state index in [1.165, 1.54) is 28.0 Å². The molecule has 1 unspecified atom stereocenters. The van der Waals surface area contributed by atoms with Gasteiger partial charge in [-0.15, -0.1) is 10.2 Å². The Kier molecular flexibility index (Phi) is 8.99. The number of aliphatic hydroxyl groups excluding tert-OH is 1. The van der Waals surface area contributed by atoms with Gasteiger partial charge in [-0.2, -0.15) is 0 Å². The number of carbonyl (C=O) groups is 2. The monoisotopic (exact) mass is 659 g/mol. The fraction of sp³-hybridized carbons (Fsp3) is 0.0909. The maximum Gasteiger partial charge on any atom is 0.301 e.